The van der Waals surface area contributed by atoms with E-state index in [0.717, 1.165) is 11.3 Å². The molecular formula is C20H21N5O3S. The first-order valence-corrected chi connectivity index (χ1v) is 10.2. The summed E-state index contributed by atoms with van der Waals surface area (Å²) in [6, 6.07) is 9.76. The molecule has 29 heavy (non-hydrogen) atoms. The highest BCUT2D eigenvalue weighted by molar-refractivity contribution is 7.13. The second-order valence-corrected chi connectivity index (χ2v) is 7.68. The van der Waals surface area contributed by atoms with Gasteiger partial charge in [0.2, 0.25) is 0 Å². The number of methoxy groups -OCH3 is 1. The number of nitrogens with one attached hydrogen (secondary N) is 2. The number of para-hydroxylation sites is 1. The van der Waals surface area contributed by atoms with E-state index in [9.17, 15) is 9.59 Å². The van der Waals surface area contributed by atoms with Crippen LogP contribution in [0.3, 0.4) is 0 Å². The fourth-order valence-corrected chi connectivity index (χ4v) is 4.15. The summed E-state index contributed by atoms with van der Waals surface area (Å²) in [6.07, 6.45) is 4.55. The molecule has 3 aromatic rings. The zero-order chi connectivity index (χ0) is 20.3. The van der Waals surface area contributed by atoms with Gasteiger partial charge in [-0.3, -0.25) is 4.79 Å². The first-order valence-electron chi connectivity index (χ1n) is 9.29. The van der Waals surface area contributed by atoms with Crippen molar-refractivity contribution in [2.45, 2.75) is 18.4 Å². The van der Waals surface area contributed by atoms with Crippen LogP contribution in [0.25, 0.3) is 16.3 Å². The van der Waals surface area contributed by atoms with Gasteiger partial charge in [-0.1, -0.05) is 18.2 Å². The van der Waals surface area contributed by atoms with E-state index in [1.807, 2.05) is 36.5 Å². The Balaban J connectivity index is 1.52. The van der Waals surface area contributed by atoms with Gasteiger partial charge in [-0.15, -0.1) is 11.3 Å². The third kappa shape index (κ3) is 3.92. The summed E-state index contributed by atoms with van der Waals surface area (Å²) in [4.78, 5) is 29.6. The molecule has 3 heterocycles. The molecule has 0 saturated carbocycles. The molecule has 4 rings (SSSR count). The Labute approximate surface area is 171 Å². The number of carbonyl (C=O) groups is 2. The van der Waals surface area contributed by atoms with Crippen LogP contribution < -0.4 is 10.6 Å². The van der Waals surface area contributed by atoms with Gasteiger partial charge in [0.15, 0.2) is 0 Å². The standard InChI is InChI=1S/C20H21N5O3S/c1-28-19(27)20(7-9-21-10-8-20)24-17(26)16-13-29-18(23-16)14-11-22-25(12-14)15-5-3-2-4-6-15/h2-6,11-13,21H,7-10H2,1H3,(H,24,26). The van der Waals surface area contributed by atoms with Crippen molar-refractivity contribution in [2.24, 2.45) is 0 Å². The molecule has 1 amide bonds. The maximum Gasteiger partial charge on any atom is 0.331 e. The molecule has 1 aliphatic heterocycles. The Hall–Kier alpha value is -3.04. The maximum absolute atomic E-state index is 12.8. The van der Waals surface area contributed by atoms with Crippen LogP contribution >= 0.6 is 11.3 Å². The van der Waals surface area contributed by atoms with E-state index in [1.165, 1.54) is 18.4 Å². The van der Waals surface area contributed by atoms with Gasteiger partial charge in [0.05, 0.1) is 19.0 Å². The minimum atomic E-state index is -1.01. The number of carbonyl (C=O) groups excluding carboxylic acids is 2. The number of nitrogens with zero attached hydrogens (tertiary/aromatic N) is 3. The third-order valence-corrected chi connectivity index (χ3v) is 5.86. The highest BCUT2D eigenvalue weighted by Crippen LogP contribution is 2.26. The first kappa shape index (κ1) is 19.3. The number of thiazole rings is 1. The summed E-state index contributed by atoms with van der Waals surface area (Å²) in [5.74, 6) is -0.804. The van der Waals surface area contributed by atoms with Gasteiger partial charge in [0.25, 0.3) is 5.91 Å². The number of hydrogen-bond donors (Lipinski definition) is 2. The average molecular weight is 411 g/mol. The topological polar surface area (TPSA) is 98.1 Å². The lowest BCUT2D eigenvalue weighted by atomic mass is 9.88. The van der Waals surface area contributed by atoms with Crippen LogP contribution in [0.5, 0.6) is 0 Å². The van der Waals surface area contributed by atoms with E-state index < -0.39 is 11.5 Å². The predicted molar refractivity (Wildman–Crippen MR) is 109 cm³/mol. The predicted octanol–water partition coefficient (Wildman–Crippen LogP) is 2.02. The lowest BCUT2D eigenvalue weighted by molar-refractivity contribution is -0.149. The Morgan fingerprint density at radius 1 is 1.24 bits per heavy atom. The normalized spacial score (nSPS) is 15.6. The largest absolute Gasteiger partial charge is 0.467 e. The van der Waals surface area contributed by atoms with E-state index in [0.29, 0.717) is 30.9 Å². The number of benzene rings is 1. The molecule has 0 atom stereocenters. The SMILES string of the molecule is COC(=O)C1(NC(=O)c2csc(-c3cnn(-c4ccccc4)c3)n2)CCNCC1. The molecule has 0 unspecified atom stereocenters. The van der Waals surface area contributed by atoms with Gasteiger partial charge in [-0.05, 0) is 38.1 Å². The van der Waals surface area contributed by atoms with Crippen LogP contribution in [0.4, 0.5) is 0 Å². The van der Waals surface area contributed by atoms with Crippen LogP contribution in [0.2, 0.25) is 0 Å². The summed E-state index contributed by atoms with van der Waals surface area (Å²) >= 11 is 1.36. The zero-order valence-electron chi connectivity index (χ0n) is 15.9. The lowest BCUT2D eigenvalue weighted by Crippen LogP contribution is -2.60. The average Bonchev–Trinajstić information content (AvgIpc) is 3.44. The van der Waals surface area contributed by atoms with Gasteiger partial charge in [0, 0.05) is 17.1 Å². The van der Waals surface area contributed by atoms with Crippen LogP contribution in [0.15, 0.2) is 48.1 Å². The van der Waals surface area contributed by atoms with E-state index in [4.69, 9.17) is 4.74 Å². The van der Waals surface area contributed by atoms with E-state index in [-0.39, 0.29) is 11.6 Å². The van der Waals surface area contributed by atoms with Crippen molar-refractivity contribution >= 4 is 23.2 Å². The molecule has 2 N–H and O–H groups in total. The minimum Gasteiger partial charge on any atom is -0.467 e. The second kappa shape index (κ2) is 8.14. The number of hydrogen-bond acceptors (Lipinski definition) is 7. The molecule has 2 aromatic heterocycles. The highest BCUT2D eigenvalue weighted by atomic mass is 32.1. The number of ether oxygens (including phenoxy) is 1. The Kier molecular flexibility index (Phi) is 5.41. The van der Waals surface area contributed by atoms with Crippen LogP contribution in [-0.2, 0) is 9.53 Å². The molecular weight excluding hydrogens is 390 g/mol. The monoisotopic (exact) mass is 411 g/mol. The quantitative estimate of drug-likeness (QED) is 0.624. The van der Waals surface area contributed by atoms with Crippen molar-refractivity contribution < 1.29 is 14.3 Å². The van der Waals surface area contributed by atoms with Gasteiger partial charge in [-0.25, -0.2) is 14.5 Å². The Morgan fingerprint density at radius 2 is 2.00 bits per heavy atom. The first-order chi connectivity index (χ1) is 14.1. The van der Waals surface area contributed by atoms with Crippen LogP contribution in [-0.4, -0.2) is 52.4 Å². The number of amides is 1. The van der Waals surface area contributed by atoms with Gasteiger partial charge >= 0.3 is 5.97 Å². The highest BCUT2D eigenvalue weighted by Gasteiger charge is 2.42. The molecule has 0 aliphatic carbocycles. The van der Waals surface area contributed by atoms with Crippen LogP contribution in [0.1, 0.15) is 23.3 Å². The lowest BCUT2D eigenvalue weighted by Gasteiger charge is -2.35. The Bertz CT molecular complexity index is 1010. The van der Waals surface area contributed by atoms with E-state index >= 15 is 0 Å². The fraction of sp³-hybridized carbons (Fsp3) is 0.300. The summed E-state index contributed by atoms with van der Waals surface area (Å²) in [5.41, 5.74) is 1.03. The molecule has 1 fully saturated rings. The molecule has 150 valence electrons. The van der Waals surface area contributed by atoms with Crippen molar-refractivity contribution in [3.63, 3.8) is 0 Å². The van der Waals surface area contributed by atoms with Gasteiger partial charge in [0.1, 0.15) is 16.2 Å². The molecule has 0 bridgehead atoms. The van der Waals surface area contributed by atoms with Gasteiger partial charge < -0.3 is 15.4 Å². The summed E-state index contributed by atoms with van der Waals surface area (Å²) in [6.45, 7) is 1.27. The van der Waals surface area contributed by atoms with Crippen molar-refractivity contribution in [3.8, 4) is 16.3 Å². The van der Waals surface area contributed by atoms with Crippen molar-refractivity contribution in [1.82, 2.24) is 25.4 Å². The smallest absolute Gasteiger partial charge is 0.331 e. The molecule has 1 aliphatic rings. The van der Waals surface area contributed by atoms with Crippen LogP contribution in [0, 0.1) is 0 Å². The number of rotatable bonds is 5. The minimum absolute atomic E-state index is 0.277. The van der Waals surface area contributed by atoms with Crippen molar-refractivity contribution in [3.05, 3.63) is 53.8 Å². The molecule has 8 nitrogen and oxygen atoms in total. The fourth-order valence-electron chi connectivity index (χ4n) is 3.38. The van der Waals surface area contributed by atoms with Crippen molar-refractivity contribution in [2.75, 3.05) is 20.2 Å². The number of aromatic nitrogens is 3. The third-order valence-electron chi connectivity index (χ3n) is 4.97. The summed E-state index contributed by atoms with van der Waals surface area (Å²) in [5, 5.41) is 12.8. The number of esters is 1. The summed E-state index contributed by atoms with van der Waals surface area (Å²) < 4.78 is 6.70. The second-order valence-electron chi connectivity index (χ2n) is 6.82. The molecule has 0 spiro atoms. The Morgan fingerprint density at radius 3 is 2.72 bits per heavy atom. The van der Waals surface area contributed by atoms with Crippen molar-refractivity contribution in [1.29, 1.82) is 0 Å². The zero-order valence-corrected chi connectivity index (χ0v) is 16.7. The number of piperidine rings is 1. The summed E-state index contributed by atoms with van der Waals surface area (Å²) in [7, 11) is 1.34. The maximum atomic E-state index is 12.8. The molecule has 0 radical (unpaired) electrons. The van der Waals surface area contributed by atoms with E-state index in [1.54, 1.807) is 16.3 Å². The van der Waals surface area contributed by atoms with Gasteiger partial charge in [-0.2, -0.15) is 5.10 Å². The molecule has 9 heteroatoms. The van der Waals surface area contributed by atoms with E-state index in [2.05, 4.69) is 20.7 Å². The molecule has 1 aromatic carbocycles. The molecule has 1 saturated heterocycles.